The number of nitrogens with one attached hydrogen (secondary N) is 1. The average molecular weight is 439 g/mol. The Bertz CT molecular complexity index is 841. The highest BCUT2D eigenvalue weighted by Gasteiger charge is 2.47. The van der Waals surface area contributed by atoms with Crippen LogP contribution in [0.2, 0.25) is 0 Å². The number of rotatable bonds is 2. The van der Waals surface area contributed by atoms with Gasteiger partial charge in [-0.1, -0.05) is 44.2 Å². The Morgan fingerprint density at radius 1 is 1.16 bits per heavy atom. The molecule has 0 saturated carbocycles. The average Bonchev–Trinajstić information content (AvgIpc) is 3.13. The van der Waals surface area contributed by atoms with E-state index in [2.05, 4.69) is 36.2 Å². The number of hydrogen-bond acceptors (Lipinski definition) is 3. The van der Waals surface area contributed by atoms with Gasteiger partial charge in [0.2, 0.25) is 5.91 Å². The largest absolute Gasteiger partial charge is 0.381 e. The van der Waals surface area contributed by atoms with Crippen LogP contribution in [-0.4, -0.2) is 49.1 Å². The molecule has 3 heterocycles. The Hall–Kier alpha value is -2.14. The highest BCUT2D eigenvalue weighted by atomic mass is 16.5. The van der Waals surface area contributed by atoms with Gasteiger partial charge in [-0.25, -0.2) is 0 Å². The predicted molar refractivity (Wildman–Crippen MR) is 126 cm³/mol. The van der Waals surface area contributed by atoms with Crippen molar-refractivity contribution in [2.24, 2.45) is 17.3 Å². The highest BCUT2D eigenvalue weighted by molar-refractivity contribution is 5.95. The van der Waals surface area contributed by atoms with Crippen LogP contribution in [0.4, 0.5) is 0 Å². The van der Waals surface area contributed by atoms with Crippen molar-refractivity contribution < 1.29 is 14.3 Å². The monoisotopic (exact) mass is 438 g/mol. The first-order valence-corrected chi connectivity index (χ1v) is 12.4. The molecule has 174 valence electrons. The van der Waals surface area contributed by atoms with E-state index in [0.29, 0.717) is 12.5 Å². The number of nitrogens with zero attached hydrogens (tertiary/aromatic N) is 1. The van der Waals surface area contributed by atoms with Gasteiger partial charge in [-0.05, 0) is 67.9 Å². The van der Waals surface area contributed by atoms with E-state index >= 15 is 0 Å². The van der Waals surface area contributed by atoms with E-state index in [4.69, 9.17) is 4.74 Å². The Morgan fingerprint density at radius 2 is 1.94 bits per heavy atom. The second kappa shape index (κ2) is 10.2. The highest BCUT2D eigenvalue weighted by Crippen LogP contribution is 2.43. The molecule has 1 aromatic rings. The summed E-state index contributed by atoms with van der Waals surface area (Å²) in [5.41, 5.74) is 1.93. The van der Waals surface area contributed by atoms with Crippen LogP contribution in [0.3, 0.4) is 0 Å². The van der Waals surface area contributed by atoms with Gasteiger partial charge in [-0.2, -0.15) is 0 Å². The zero-order valence-electron chi connectivity index (χ0n) is 19.6. The number of carbonyl (C=O) groups excluding carboxylic acids is 2. The van der Waals surface area contributed by atoms with E-state index in [9.17, 15) is 9.59 Å². The molecule has 1 N–H and O–H groups in total. The Balaban J connectivity index is 1.62. The summed E-state index contributed by atoms with van der Waals surface area (Å²) in [6, 6.07) is 7.92. The van der Waals surface area contributed by atoms with Crippen LogP contribution in [0, 0.1) is 17.3 Å². The van der Waals surface area contributed by atoms with E-state index in [1.54, 1.807) is 0 Å². The minimum Gasteiger partial charge on any atom is -0.381 e. The molecule has 5 heteroatoms. The number of hydrogen-bond donors (Lipinski definition) is 1. The predicted octanol–water partition coefficient (Wildman–Crippen LogP) is 4.37. The van der Waals surface area contributed by atoms with Gasteiger partial charge in [0, 0.05) is 43.8 Å². The van der Waals surface area contributed by atoms with E-state index in [-0.39, 0.29) is 29.2 Å². The topological polar surface area (TPSA) is 58.6 Å². The van der Waals surface area contributed by atoms with Crippen molar-refractivity contribution in [3.05, 3.63) is 47.5 Å². The molecule has 5 nitrogen and oxygen atoms in total. The minimum absolute atomic E-state index is 0.0369. The van der Waals surface area contributed by atoms with Crippen molar-refractivity contribution in [1.82, 2.24) is 10.2 Å². The van der Waals surface area contributed by atoms with E-state index in [1.165, 1.54) is 0 Å². The SMILES string of the molecule is CC(C)CC1CC/C=C\Cc2ccccc2C(=O)NCC2CC3(CCOCC3)CN2C1=O. The van der Waals surface area contributed by atoms with Crippen LogP contribution in [0.15, 0.2) is 36.4 Å². The summed E-state index contributed by atoms with van der Waals surface area (Å²) >= 11 is 0. The molecule has 2 atom stereocenters. The first-order valence-electron chi connectivity index (χ1n) is 12.4. The summed E-state index contributed by atoms with van der Waals surface area (Å²) in [6.45, 7) is 7.27. The molecule has 0 radical (unpaired) electrons. The molecule has 4 rings (SSSR count). The van der Waals surface area contributed by atoms with Crippen molar-refractivity contribution in [2.75, 3.05) is 26.3 Å². The summed E-state index contributed by atoms with van der Waals surface area (Å²) in [6.07, 6.45) is 10.7. The lowest BCUT2D eigenvalue weighted by Crippen LogP contribution is -2.46. The number of carbonyl (C=O) groups is 2. The lowest BCUT2D eigenvalue weighted by Gasteiger charge is -2.33. The lowest BCUT2D eigenvalue weighted by molar-refractivity contribution is -0.137. The lowest BCUT2D eigenvalue weighted by atomic mass is 9.78. The minimum atomic E-state index is -0.0369. The zero-order chi connectivity index (χ0) is 22.6. The molecule has 0 aliphatic carbocycles. The number of ether oxygens (including phenoxy) is 1. The normalized spacial score (nSPS) is 27.5. The van der Waals surface area contributed by atoms with Crippen LogP contribution in [0.1, 0.15) is 68.3 Å². The second-order valence-electron chi connectivity index (χ2n) is 10.4. The molecular formula is C27H38N2O3. The van der Waals surface area contributed by atoms with Crippen LogP contribution in [0.25, 0.3) is 0 Å². The Labute approximate surface area is 192 Å². The van der Waals surface area contributed by atoms with Gasteiger partial charge in [-0.3, -0.25) is 9.59 Å². The van der Waals surface area contributed by atoms with Crippen LogP contribution < -0.4 is 5.32 Å². The van der Waals surface area contributed by atoms with E-state index in [0.717, 1.165) is 75.8 Å². The van der Waals surface area contributed by atoms with Gasteiger partial charge in [0.25, 0.3) is 5.91 Å². The molecule has 2 amide bonds. The molecule has 32 heavy (non-hydrogen) atoms. The Kier molecular flexibility index (Phi) is 7.34. The standard InChI is InChI=1S/C27H38N2O3/c1-20(2)16-22-10-5-3-4-8-21-9-6-7-11-24(21)25(30)28-18-23-17-27(12-14-32-15-13-27)19-29(23)26(22)31/h3-4,6-7,9,11,20,22-23H,5,8,10,12-19H2,1-2H3,(H,28,30)/b4-3-. The van der Waals surface area contributed by atoms with Gasteiger partial charge in [0.15, 0.2) is 0 Å². The van der Waals surface area contributed by atoms with Gasteiger partial charge in [0.1, 0.15) is 0 Å². The summed E-state index contributed by atoms with van der Waals surface area (Å²) in [7, 11) is 0. The van der Waals surface area contributed by atoms with E-state index < -0.39 is 0 Å². The maximum Gasteiger partial charge on any atom is 0.251 e. The molecule has 3 aliphatic rings. The number of allylic oxidation sites excluding steroid dienone is 2. The summed E-state index contributed by atoms with van der Waals surface area (Å²) in [4.78, 5) is 29.0. The molecule has 2 saturated heterocycles. The second-order valence-corrected chi connectivity index (χ2v) is 10.4. The Morgan fingerprint density at radius 3 is 2.72 bits per heavy atom. The number of fused-ring (bicyclic) bond motifs is 2. The molecular weight excluding hydrogens is 400 g/mol. The van der Waals surface area contributed by atoms with Crippen molar-refractivity contribution in [1.29, 1.82) is 0 Å². The fraction of sp³-hybridized carbons (Fsp3) is 0.630. The maximum atomic E-state index is 13.8. The van der Waals surface area contributed by atoms with E-state index in [1.807, 2.05) is 24.3 Å². The molecule has 2 unspecified atom stereocenters. The summed E-state index contributed by atoms with van der Waals surface area (Å²) < 4.78 is 5.64. The van der Waals surface area contributed by atoms with Crippen molar-refractivity contribution in [3.8, 4) is 0 Å². The fourth-order valence-electron chi connectivity index (χ4n) is 5.77. The molecule has 2 fully saturated rings. The molecule has 0 bridgehead atoms. The van der Waals surface area contributed by atoms with Crippen molar-refractivity contribution >= 4 is 11.8 Å². The third-order valence-corrected chi connectivity index (χ3v) is 7.50. The van der Waals surface area contributed by atoms with Gasteiger partial charge < -0.3 is 15.0 Å². The summed E-state index contributed by atoms with van der Waals surface area (Å²) in [5, 5.41) is 3.17. The van der Waals surface area contributed by atoms with Crippen LogP contribution >= 0.6 is 0 Å². The van der Waals surface area contributed by atoms with Gasteiger partial charge >= 0.3 is 0 Å². The smallest absolute Gasteiger partial charge is 0.251 e. The number of amides is 2. The third kappa shape index (κ3) is 5.25. The number of benzene rings is 1. The zero-order valence-corrected chi connectivity index (χ0v) is 19.6. The summed E-state index contributed by atoms with van der Waals surface area (Å²) in [5.74, 6) is 0.775. The van der Waals surface area contributed by atoms with Crippen LogP contribution in [0.5, 0.6) is 0 Å². The van der Waals surface area contributed by atoms with Crippen molar-refractivity contribution in [2.45, 2.75) is 64.8 Å². The molecule has 1 aromatic carbocycles. The van der Waals surface area contributed by atoms with Gasteiger partial charge in [-0.15, -0.1) is 0 Å². The maximum absolute atomic E-state index is 13.8. The fourth-order valence-corrected chi connectivity index (χ4v) is 5.77. The first-order chi connectivity index (χ1) is 15.5. The quantitative estimate of drug-likeness (QED) is 0.698. The first kappa shape index (κ1) is 23.0. The third-order valence-electron chi connectivity index (χ3n) is 7.50. The van der Waals surface area contributed by atoms with Crippen molar-refractivity contribution in [3.63, 3.8) is 0 Å². The van der Waals surface area contributed by atoms with Gasteiger partial charge in [0.05, 0.1) is 0 Å². The molecule has 0 aromatic heterocycles. The molecule has 1 spiro atoms. The molecule has 3 aliphatic heterocycles. The van der Waals surface area contributed by atoms with Crippen LogP contribution in [-0.2, 0) is 16.0 Å².